The van der Waals surface area contributed by atoms with Crippen LogP contribution < -0.4 is 0 Å². The highest BCUT2D eigenvalue weighted by Gasteiger charge is 2.16. The maximum Gasteiger partial charge on any atom is 0.338 e. The number of rotatable bonds is 3. The number of halogens is 4. The van der Waals surface area contributed by atoms with Gasteiger partial charge in [0.05, 0.1) is 5.56 Å². The number of esters is 1. The van der Waals surface area contributed by atoms with Gasteiger partial charge in [0, 0.05) is 5.02 Å². The van der Waals surface area contributed by atoms with E-state index in [0.29, 0.717) is 22.7 Å². The van der Waals surface area contributed by atoms with Crippen LogP contribution in [0.1, 0.15) is 15.9 Å². The highest BCUT2D eigenvalue weighted by atomic mass is 35.5. The summed E-state index contributed by atoms with van der Waals surface area (Å²) in [5.41, 5.74) is 0.265. The second-order valence-electron chi connectivity index (χ2n) is 3.96. The fourth-order valence-electron chi connectivity index (χ4n) is 1.49. The minimum Gasteiger partial charge on any atom is -0.457 e. The van der Waals surface area contributed by atoms with Gasteiger partial charge in [-0.1, -0.05) is 23.7 Å². The summed E-state index contributed by atoms with van der Waals surface area (Å²) in [5, 5.41) is 0.530. The minimum atomic E-state index is -1.63. The van der Waals surface area contributed by atoms with Crippen molar-refractivity contribution in [1.29, 1.82) is 0 Å². The maximum atomic E-state index is 13.0. The molecule has 0 heterocycles. The molecule has 2 aromatic carbocycles. The standard InChI is InChI=1S/C14H8ClF3O2/c15-10-3-1-8(2-4-10)7-20-14(19)9-5-11(16)13(18)12(17)6-9/h1-6H,7H2. The third kappa shape index (κ3) is 3.30. The van der Waals surface area contributed by atoms with E-state index in [4.69, 9.17) is 16.3 Å². The van der Waals surface area contributed by atoms with Gasteiger partial charge in [-0.15, -0.1) is 0 Å². The molecule has 0 N–H and O–H groups in total. The molecule has 0 amide bonds. The lowest BCUT2D eigenvalue weighted by atomic mass is 10.2. The molecule has 20 heavy (non-hydrogen) atoms. The van der Waals surface area contributed by atoms with Crippen LogP contribution in [0.4, 0.5) is 13.2 Å². The first-order chi connectivity index (χ1) is 9.47. The third-order valence-electron chi connectivity index (χ3n) is 2.50. The van der Waals surface area contributed by atoms with Crippen molar-refractivity contribution in [1.82, 2.24) is 0 Å². The lowest BCUT2D eigenvalue weighted by Crippen LogP contribution is -2.07. The van der Waals surface area contributed by atoms with Gasteiger partial charge in [0.15, 0.2) is 17.5 Å². The van der Waals surface area contributed by atoms with Gasteiger partial charge >= 0.3 is 5.97 Å². The van der Waals surface area contributed by atoms with E-state index in [9.17, 15) is 18.0 Å². The van der Waals surface area contributed by atoms with E-state index in [1.165, 1.54) is 0 Å². The van der Waals surface area contributed by atoms with Crippen molar-refractivity contribution in [2.45, 2.75) is 6.61 Å². The third-order valence-corrected chi connectivity index (χ3v) is 2.75. The molecule has 0 atom stereocenters. The number of carbonyl (C=O) groups excluding carboxylic acids is 1. The number of carbonyl (C=O) groups is 1. The number of ether oxygens (including phenoxy) is 1. The van der Waals surface area contributed by atoms with Gasteiger partial charge in [-0.2, -0.15) is 0 Å². The Morgan fingerprint density at radius 1 is 1.05 bits per heavy atom. The quantitative estimate of drug-likeness (QED) is 0.630. The summed E-state index contributed by atoms with van der Waals surface area (Å²) >= 11 is 5.69. The average Bonchev–Trinajstić information content (AvgIpc) is 2.43. The van der Waals surface area contributed by atoms with Crippen LogP contribution in [0.25, 0.3) is 0 Å². The van der Waals surface area contributed by atoms with Crippen LogP contribution in [0, 0.1) is 17.5 Å². The number of hydrogen-bond donors (Lipinski definition) is 0. The first kappa shape index (κ1) is 14.4. The summed E-state index contributed by atoms with van der Waals surface area (Å²) < 4.78 is 43.6. The van der Waals surface area contributed by atoms with Crippen LogP contribution in [-0.2, 0) is 11.3 Å². The molecular weight excluding hydrogens is 293 g/mol. The highest BCUT2D eigenvalue weighted by Crippen LogP contribution is 2.15. The summed E-state index contributed by atoms with van der Waals surface area (Å²) in [6.07, 6.45) is 0. The zero-order valence-corrected chi connectivity index (χ0v) is 10.8. The first-order valence-electron chi connectivity index (χ1n) is 5.53. The molecule has 0 saturated heterocycles. The van der Waals surface area contributed by atoms with Crippen molar-refractivity contribution in [3.05, 3.63) is 70.0 Å². The second kappa shape index (κ2) is 5.96. The van der Waals surface area contributed by atoms with Gasteiger partial charge in [0.25, 0.3) is 0 Å². The Bertz CT molecular complexity index is 618. The SMILES string of the molecule is O=C(OCc1ccc(Cl)cc1)c1cc(F)c(F)c(F)c1. The molecule has 0 aliphatic heterocycles. The zero-order valence-electron chi connectivity index (χ0n) is 10.00. The van der Waals surface area contributed by atoms with Crippen LogP contribution in [0.15, 0.2) is 36.4 Å². The average molecular weight is 301 g/mol. The molecule has 0 unspecified atom stereocenters. The minimum absolute atomic E-state index is 0.0867. The highest BCUT2D eigenvalue weighted by molar-refractivity contribution is 6.30. The maximum absolute atomic E-state index is 13.0. The van der Waals surface area contributed by atoms with Gasteiger partial charge in [-0.05, 0) is 29.8 Å². The Kier molecular flexibility index (Phi) is 4.29. The molecule has 0 bridgehead atoms. The summed E-state index contributed by atoms with van der Waals surface area (Å²) in [4.78, 5) is 11.6. The molecular formula is C14H8ClF3O2. The largest absolute Gasteiger partial charge is 0.457 e. The Labute approximate surface area is 117 Å². The molecule has 6 heteroatoms. The summed E-state index contributed by atoms with van der Waals surface area (Å²) in [6, 6.07) is 7.68. The van der Waals surface area contributed by atoms with Crippen LogP contribution in [0.3, 0.4) is 0 Å². The van der Waals surface area contributed by atoms with E-state index in [2.05, 4.69) is 0 Å². The van der Waals surface area contributed by atoms with Crippen molar-refractivity contribution in [2.24, 2.45) is 0 Å². The van der Waals surface area contributed by atoms with Crippen LogP contribution in [0.2, 0.25) is 5.02 Å². The number of hydrogen-bond acceptors (Lipinski definition) is 2. The topological polar surface area (TPSA) is 26.3 Å². The Balaban J connectivity index is 2.07. The molecule has 0 fully saturated rings. The monoisotopic (exact) mass is 300 g/mol. The lowest BCUT2D eigenvalue weighted by Gasteiger charge is -2.06. The second-order valence-corrected chi connectivity index (χ2v) is 4.39. The van der Waals surface area contributed by atoms with Crippen molar-refractivity contribution >= 4 is 17.6 Å². The Morgan fingerprint density at radius 3 is 2.15 bits per heavy atom. The fraction of sp³-hybridized carbons (Fsp3) is 0.0714. The predicted molar refractivity (Wildman–Crippen MR) is 66.9 cm³/mol. The van der Waals surface area contributed by atoms with Gasteiger partial charge < -0.3 is 4.74 Å². The molecule has 0 aromatic heterocycles. The Morgan fingerprint density at radius 2 is 1.60 bits per heavy atom. The first-order valence-corrected chi connectivity index (χ1v) is 5.91. The van der Waals surface area contributed by atoms with E-state index in [1.807, 2.05) is 0 Å². The molecule has 2 rings (SSSR count). The van der Waals surface area contributed by atoms with E-state index >= 15 is 0 Å². The van der Waals surface area contributed by atoms with Gasteiger partial charge in [0.1, 0.15) is 6.61 Å². The molecule has 2 nitrogen and oxygen atoms in total. The van der Waals surface area contributed by atoms with E-state index < -0.39 is 29.0 Å². The van der Waals surface area contributed by atoms with E-state index in [1.54, 1.807) is 24.3 Å². The summed E-state index contributed by atoms with van der Waals surface area (Å²) in [6.45, 7) is -0.0867. The van der Waals surface area contributed by atoms with Gasteiger partial charge in [-0.25, -0.2) is 18.0 Å². The molecule has 0 aliphatic rings. The van der Waals surface area contributed by atoms with Crippen LogP contribution in [-0.4, -0.2) is 5.97 Å². The van der Waals surface area contributed by atoms with Crippen molar-refractivity contribution in [2.75, 3.05) is 0 Å². The molecule has 104 valence electrons. The lowest BCUT2D eigenvalue weighted by molar-refractivity contribution is 0.0471. The van der Waals surface area contributed by atoms with Crippen LogP contribution >= 0.6 is 11.6 Å². The van der Waals surface area contributed by atoms with Crippen molar-refractivity contribution < 1.29 is 22.7 Å². The molecule has 0 aliphatic carbocycles. The van der Waals surface area contributed by atoms with Gasteiger partial charge in [0.2, 0.25) is 0 Å². The predicted octanol–water partition coefficient (Wildman–Crippen LogP) is 4.11. The fourth-order valence-corrected chi connectivity index (χ4v) is 1.61. The van der Waals surface area contributed by atoms with E-state index in [-0.39, 0.29) is 6.61 Å². The van der Waals surface area contributed by atoms with Crippen molar-refractivity contribution in [3.8, 4) is 0 Å². The van der Waals surface area contributed by atoms with Crippen molar-refractivity contribution in [3.63, 3.8) is 0 Å². The normalized spacial score (nSPS) is 10.4. The Hall–Kier alpha value is -2.01. The van der Waals surface area contributed by atoms with Crippen LogP contribution in [0.5, 0.6) is 0 Å². The summed E-state index contributed by atoms with van der Waals surface area (Å²) in [7, 11) is 0. The number of benzene rings is 2. The van der Waals surface area contributed by atoms with Gasteiger partial charge in [-0.3, -0.25) is 0 Å². The molecule has 0 spiro atoms. The molecule has 0 saturated carbocycles. The van der Waals surface area contributed by atoms with E-state index in [0.717, 1.165) is 0 Å². The summed E-state index contributed by atoms with van der Waals surface area (Å²) in [5.74, 6) is -5.45. The smallest absolute Gasteiger partial charge is 0.338 e. The zero-order chi connectivity index (χ0) is 14.7. The molecule has 0 radical (unpaired) electrons. The molecule has 2 aromatic rings.